The van der Waals surface area contributed by atoms with Crippen LogP contribution in [0.2, 0.25) is 0 Å². The second-order valence-electron chi connectivity index (χ2n) is 1.61. The van der Waals surface area contributed by atoms with Crippen molar-refractivity contribution in [3.8, 4) is 0 Å². The average Bonchev–Trinajstić information content (AvgIpc) is 2.08. The largest absolute Gasteiger partial charge is 0.368 e. The molecule has 0 aromatic carbocycles. The van der Waals surface area contributed by atoms with Gasteiger partial charge in [0.25, 0.3) is 0 Å². The van der Waals surface area contributed by atoms with Gasteiger partial charge in [-0.1, -0.05) is 20.8 Å². The van der Waals surface area contributed by atoms with E-state index in [0.29, 0.717) is 5.95 Å². The summed E-state index contributed by atoms with van der Waals surface area (Å²) in [6.45, 7) is 5.97. The summed E-state index contributed by atoms with van der Waals surface area (Å²) in [7, 11) is 0. The first-order valence-electron chi connectivity index (χ1n) is 3.76. The molecule has 0 bridgehead atoms. The van der Waals surface area contributed by atoms with Crippen LogP contribution in [0.15, 0.2) is 6.33 Å². The Labute approximate surface area is 66.9 Å². The van der Waals surface area contributed by atoms with Crippen molar-refractivity contribution >= 4 is 5.95 Å². The Morgan fingerprint density at radius 1 is 1.36 bits per heavy atom. The van der Waals surface area contributed by atoms with Gasteiger partial charge in [-0.2, -0.15) is 4.98 Å². The average molecular weight is 154 g/mol. The molecule has 0 spiro atoms. The zero-order chi connectivity index (χ0) is 8.69. The van der Waals surface area contributed by atoms with Gasteiger partial charge in [-0.05, 0) is 0 Å². The molecule has 0 radical (unpaired) electrons. The third-order valence-corrected chi connectivity index (χ3v) is 0.957. The van der Waals surface area contributed by atoms with Crippen LogP contribution in [-0.4, -0.2) is 15.0 Å². The van der Waals surface area contributed by atoms with Crippen molar-refractivity contribution in [1.82, 2.24) is 15.0 Å². The normalized spacial score (nSPS) is 8.27. The number of anilines is 1. The molecule has 1 aromatic rings. The Bertz CT molecular complexity index is 199. The van der Waals surface area contributed by atoms with Crippen molar-refractivity contribution in [2.24, 2.45) is 0 Å². The van der Waals surface area contributed by atoms with Crippen LogP contribution in [0.3, 0.4) is 0 Å². The predicted octanol–water partition coefficient (Wildman–Crippen LogP) is 1.04. The molecule has 11 heavy (non-hydrogen) atoms. The summed E-state index contributed by atoms with van der Waals surface area (Å²) >= 11 is 0. The van der Waals surface area contributed by atoms with E-state index in [2.05, 4.69) is 15.0 Å². The number of nitrogen functional groups attached to an aromatic ring is 1. The van der Waals surface area contributed by atoms with Crippen molar-refractivity contribution in [3.05, 3.63) is 12.2 Å². The van der Waals surface area contributed by atoms with Crippen molar-refractivity contribution in [2.45, 2.75) is 27.2 Å². The zero-order valence-electron chi connectivity index (χ0n) is 7.20. The molecule has 4 nitrogen and oxygen atoms in total. The minimum absolute atomic E-state index is 0.293. The van der Waals surface area contributed by atoms with E-state index in [0.717, 1.165) is 12.2 Å². The third-order valence-electron chi connectivity index (χ3n) is 0.957. The number of nitrogens with zero attached hydrogens (tertiary/aromatic N) is 3. The van der Waals surface area contributed by atoms with E-state index in [1.165, 1.54) is 6.33 Å². The monoisotopic (exact) mass is 154 g/mol. The highest BCUT2D eigenvalue weighted by molar-refractivity contribution is 5.12. The van der Waals surface area contributed by atoms with Crippen LogP contribution in [0.25, 0.3) is 0 Å². The molecule has 1 rings (SSSR count). The highest BCUT2D eigenvalue weighted by atomic mass is 15.1. The Morgan fingerprint density at radius 2 is 2.00 bits per heavy atom. The molecule has 0 fully saturated rings. The fraction of sp³-hybridized carbons (Fsp3) is 0.571. The van der Waals surface area contributed by atoms with Crippen molar-refractivity contribution in [1.29, 1.82) is 0 Å². The fourth-order valence-corrected chi connectivity index (χ4v) is 0.515. The lowest BCUT2D eigenvalue weighted by molar-refractivity contribution is 0.906. The molecular weight excluding hydrogens is 140 g/mol. The second kappa shape index (κ2) is 5.58. The van der Waals surface area contributed by atoms with Gasteiger partial charge >= 0.3 is 0 Å². The topological polar surface area (TPSA) is 64.7 Å². The Kier molecular flexibility index (Phi) is 4.98. The number of aryl methyl sites for hydroxylation is 1. The molecule has 0 saturated carbocycles. The lowest BCUT2D eigenvalue weighted by atomic mass is 10.5. The summed E-state index contributed by atoms with van der Waals surface area (Å²) in [4.78, 5) is 11.3. The summed E-state index contributed by atoms with van der Waals surface area (Å²) in [5.41, 5.74) is 5.27. The molecule has 0 unspecified atom stereocenters. The van der Waals surface area contributed by atoms with E-state index in [1.807, 2.05) is 20.8 Å². The molecule has 1 aromatic heterocycles. The van der Waals surface area contributed by atoms with Crippen molar-refractivity contribution in [2.75, 3.05) is 5.73 Å². The highest BCUT2D eigenvalue weighted by Gasteiger charge is 1.90. The lowest BCUT2D eigenvalue weighted by Crippen LogP contribution is -1.99. The van der Waals surface area contributed by atoms with E-state index < -0.39 is 0 Å². The predicted molar refractivity (Wildman–Crippen MR) is 45.0 cm³/mol. The third kappa shape index (κ3) is 3.50. The summed E-state index contributed by atoms with van der Waals surface area (Å²) in [5, 5.41) is 0. The summed E-state index contributed by atoms with van der Waals surface area (Å²) in [6, 6.07) is 0. The first-order chi connectivity index (χ1) is 5.33. The van der Waals surface area contributed by atoms with Gasteiger partial charge in [-0.3, -0.25) is 0 Å². The second-order valence-corrected chi connectivity index (χ2v) is 1.61. The van der Waals surface area contributed by atoms with Crippen molar-refractivity contribution < 1.29 is 0 Å². The highest BCUT2D eigenvalue weighted by Crippen LogP contribution is 1.90. The van der Waals surface area contributed by atoms with Gasteiger partial charge in [0.05, 0.1) is 0 Å². The van der Waals surface area contributed by atoms with Gasteiger partial charge in [0.1, 0.15) is 12.2 Å². The molecule has 2 N–H and O–H groups in total. The number of hydrogen-bond acceptors (Lipinski definition) is 4. The van der Waals surface area contributed by atoms with Crippen LogP contribution in [0, 0.1) is 0 Å². The van der Waals surface area contributed by atoms with Crippen LogP contribution in [0.1, 0.15) is 26.6 Å². The maximum absolute atomic E-state index is 5.27. The zero-order valence-corrected chi connectivity index (χ0v) is 7.20. The number of aromatic nitrogens is 3. The van der Waals surface area contributed by atoms with Gasteiger partial charge in [0.2, 0.25) is 5.95 Å². The molecule has 0 saturated heterocycles. The van der Waals surface area contributed by atoms with Gasteiger partial charge in [0.15, 0.2) is 0 Å². The first kappa shape index (κ1) is 9.81. The molecule has 0 aliphatic heterocycles. The molecule has 0 aliphatic rings. The Balaban J connectivity index is 0.000000461. The molecule has 1 heterocycles. The molecule has 4 heteroatoms. The molecule has 62 valence electrons. The van der Waals surface area contributed by atoms with E-state index >= 15 is 0 Å². The van der Waals surface area contributed by atoms with Gasteiger partial charge in [-0.15, -0.1) is 0 Å². The molecular formula is C7H14N4. The molecule has 0 atom stereocenters. The van der Waals surface area contributed by atoms with E-state index in [9.17, 15) is 0 Å². The summed E-state index contributed by atoms with van der Waals surface area (Å²) in [6.07, 6.45) is 2.22. The maximum atomic E-state index is 5.27. The quantitative estimate of drug-likeness (QED) is 0.656. The Morgan fingerprint density at radius 3 is 2.36 bits per heavy atom. The first-order valence-corrected chi connectivity index (χ1v) is 3.76. The number of hydrogen-bond donors (Lipinski definition) is 1. The SMILES string of the molecule is CC.CCc1ncnc(N)n1. The lowest BCUT2D eigenvalue weighted by Gasteiger charge is -1.92. The smallest absolute Gasteiger partial charge is 0.223 e. The summed E-state index contributed by atoms with van der Waals surface area (Å²) < 4.78 is 0. The standard InChI is InChI=1S/C5H8N4.C2H6/c1-2-4-7-3-8-5(6)9-4;1-2/h3H,2H2,1H3,(H2,6,7,8,9);1-2H3. The number of nitrogens with two attached hydrogens (primary N) is 1. The summed E-state index contributed by atoms with van der Waals surface area (Å²) in [5.74, 6) is 1.03. The van der Waals surface area contributed by atoms with E-state index in [-0.39, 0.29) is 0 Å². The van der Waals surface area contributed by atoms with Gasteiger partial charge < -0.3 is 5.73 Å². The minimum atomic E-state index is 0.293. The van der Waals surface area contributed by atoms with Crippen LogP contribution in [0.4, 0.5) is 5.95 Å². The van der Waals surface area contributed by atoms with Gasteiger partial charge in [0, 0.05) is 6.42 Å². The van der Waals surface area contributed by atoms with Crippen LogP contribution < -0.4 is 5.73 Å². The Hall–Kier alpha value is -1.19. The van der Waals surface area contributed by atoms with Crippen LogP contribution in [0.5, 0.6) is 0 Å². The van der Waals surface area contributed by atoms with Crippen LogP contribution in [-0.2, 0) is 6.42 Å². The van der Waals surface area contributed by atoms with Crippen LogP contribution >= 0.6 is 0 Å². The molecule has 0 aliphatic carbocycles. The maximum Gasteiger partial charge on any atom is 0.223 e. The fourth-order valence-electron chi connectivity index (χ4n) is 0.515. The van der Waals surface area contributed by atoms with E-state index in [1.54, 1.807) is 0 Å². The van der Waals surface area contributed by atoms with Crippen molar-refractivity contribution in [3.63, 3.8) is 0 Å². The minimum Gasteiger partial charge on any atom is -0.368 e. The van der Waals surface area contributed by atoms with E-state index in [4.69, 9.17) is 5.73 Å². The number of rotatable bonds is 1. The van der Waals surface area contributed by atoms with Gasteiger partial charge in [-0.25, -0.2) is 9.97 Å². The molecule has 0 amide bonds.